The summed E-state index contributed by atoms with van der Waals surface area (Å²) >= 11 is 0. The Morgan fingerprint density at radius 2 is 2.09 bits per heavy atom. The molecule has 2 heterocycles. The Balaban J connectivity index is 1.53. The second kappa shape index (κ2) is 9.14. The van der Waals surface area contributed by atoms with Gasteiger partial charge in [0.1, 0.15) is 17.8 Å². The fraction of sp³-hybridized carbons (Fsp3) is 0.455. The lowest BCUT2D eigenvalue weighted by Gasteiger charge is -2.22. The van der Waals surface area contributed by atoms with E-state index in [0.717, 1.165) is 17.6 Å². The smallest absolute Gasteiger partial charge is 0.333 e. The van der Waals surface area contributed by atoms with Gasteiger partial charge in [-0.15, -0.1) is 0 Å². The van der Waals surface area contributed by atoms with Gasteiger partial charge in [0.15, 0.2) is 0 Å². The second-order valence-electron chi connectivity index (χ2n) is 8.44. The molecule has 172 valence electrons. The first-order valence-electron chi connectivity index (χ1n) is 10.8. The fourth-order valence-corrected chi connectivity index (χ4v) is 4.83. The Hall–Kier alpha value is -2.53. The maximum Gasteiger partial charge on any atom is 0.333 e. The highest BCUT2D eigenvalue weighted by atomic mass is 32.2. The van der Waals surface area contributed by atoms with Gasteiger partial charge in [-0.25, -0.2) is 15.1 Å². The minimum Gasteiger partial charge on any atom is -0.391 e. The van der Waals surface area contributed by atoms with E-state index in [9.17, 15) is 13.5 Å². The van der Waals surface area contributed by atoms with Crippen LogP contribution in [0.2, 0.25) is 0 Å². The van der Waals surface area contributed by atoms with Crippen LogP contribution >= 0.6 is 0 Å². The van der Waals surface area contributed by atoms with E-state index >= 15 is 0 Å². The molecule has 9 nitrogen and oxygen atoms in total. The standard InChI is InChI=1S/C22H29N5O4S/c1-3-15(12-31-32(23,29)30)19(28)11-27-9-8-18-21(24-13-25-22(18)27)26-20-14(2)10-16-6-4-5-7-17(16)20/h4-9,13-15,19-20,28H,3,10-12H2,1-2H3,(H2,23,29,30)(H,24,25,26)/t14-,15-,19-,20-/m0/s1. The van der Waals surface area contributed by atoms with Gasteiger partial charge in [-0.1, -0.05) is 38.1 Å². The predicted octanol–water partition coefficient (Wildman–Crippen LogP) is 2.38. The highest BCUT2D eigenvalue weighted by molar-refractivity contribution is 7.84. The van der Waals surface area contributed by atoms with Crippen molar-refractivity contribution in [2.24, 2.45) is 17.0 Å². The van der Waals surface area contributed by atoms with E-state index in [1.165, 1.54) is 17.5 Å². The zero-order chi connectivity index (χ0) is 22.9. The van der Waals surface area contributed by atoms with E-state index < -0.39 is 16.4 Å². The number of rotatable bonds is 9. The molecule has 0 spiro atoms. The van der Waals surface area contributed by atoms with Crippen molar-refractivity contribution in [1.82, 2.24) is 14.5 Å². The highest BCUT2D eigenvalue weighted by Gasteiger charge is 2.30. The third-order valence-electron chi connectivity index (χ3n) is 6.25. The molecule has 4 rings (SSSR count). The molecule has 3 aromatic rings. The van der Waals surface area contributed by atoms with Gasteiger partial charge in [0.25, 0.3) is 0 Å². The molecule has 1 aliphatic rings. The van der Waals surface area contributed by atoms with E-state index in [2.05, 4.69) is 50.7 Å². The van der Waals surface area contributed by atoms with Crippen LogP contribution < -0.4 is 10.5 Å². The zero-order valence-corrected chi connectivity index (χ0v) is 19.0. The summed E-state index contributed by atoms with van der Waals surface area (Å²) in [4.78, 5) is 8.90. The lowest BCUT2D eigenvalue weighted by atomic mass is 10.0. The monoisotopic (exact) mass is 459 g/mol. The fourth-order valence-electron chi connectivity index (χ4n) is 4.46. The summed E-state index contributed by atoms with van der Waals surface area (Å²) in [5.74, 6) is 0.799. The van der Waals surface area contributed by atoms with Crippen LogP contribution in [0.25, 0.3) is 11.0 Å². The zero-order valence-electron chi connectivity index (χ0n) is 18.2. The van der Waals surface area contributed by atoms with E-state index in [4.69, 9.17) is 5.14 Å². The molecule has 0 radical (unpaired) electrons. The summed E-state index contributed by atoms with van der Waals surface area (Å²) in [6, 6.07) is 10.5. The van der Waals surface area contributed by atoms with Crippen molar-refractivity contribution in [3.8, 4) is 0 Å². The molecule has 0 saturated carbocycles. The molecule has 0 aliphatic heterocycles. The molecule has 0 fully saturated rings. The molecule has 0 saturated heterocycles. The van der Waals surface area contributed by atoms with Gasteiger partial charge in [-0.3, -0.25) is 4.18 Å². The van der Waals surface area contributed by atoms with Crippen molar-refractivity contribution in [2.75, 3.05) is 11.9 Å². The summed E-state index contributed by atoms with van der Waals surface area (Å²) in [6.45, 7) is 4.16. The highest BCUT2D eigenvalue weighted by Crippen LogP contribution is 2.38. The van der Waals surface area contributed by atoms with Crippen molar-refractivity contribution in [2.45, 2.75) is 45.4 Å². The molecule has 1 aromatic carbocycles. The Kier molecular flexibility index (Phi) is 6.47. The molecular formula is C22H29N5O4S. The average molecular weight is 460 g/mol. The van der Waals surface area contributed by atoms with Gasteiger partial charge in [-0.05, 0) is 36.0 Å². The van der Waals surface area contributed by atoms with Crippen LogP contribution in [0.15, 0.2) is 42.9 Å². The average Bonchev–Trinajstić information content (AvgIpc) is 3.29. The van der Waals surface area contributed by atoms with E-state index in [1.54, 1.807) is 0 Å². The molecule has 4 N–H and O–H groups in total. The number of anilines is 1. The predicted molar refractivity (Wildman–Crippen MR) is 122 cm³/mol. The van der Waals surface area contributed by atoms with Gasteiger partial charge in [-0.2, -0.15) is 8.42 Å². The quantitative estimate of drug-likeness (QED) is 0.447. The maximum absolute atomic E-state index is 11.1. The van der Waals surface area contributed by atoms with Crippen molar-refractivity contribution in [3.63, 3.8) is 0 Å². The Bertz CT molecular complexity index is 1200. The van der Waals surface area contributed by atoms with Crippen molar-refractivity contribution < 1.29 is 17.7 Å². The van der Waals surface area contributed by atoms with Crippen molar-refractivity contribution >= 4 is 27.2 Å². The van der Waals surface area contributed by atoms with Gasteiger partial charge >= 0.3 is 10.3 Å². The maximum atomic E-state index is 11.1. The van der Waals surface area contributed by atoms with E-state index in [1.807, 2.05) is 23.8 Å². The largest absolute Gasteiger partial charge is 0.391 e. The van der Waals surface area contributed by atoms with Gasteiger partial charge in [0, 0.05) is 12.1 Å². The topological polar surface area (TPSA) is 132 Å². The Morgan fingerprint density at radius 3 is 2.84 bits per heavy atom. The van der Waals surface area contributed by atoms with Crippen molar-refractivity contribution in [3.05, 3.63) is 54.0 Å². The van der Waals surface area contributed by atoms with E-state index in [0.29, 0.717) is 18.0 Å². The summed E-state index contributed by atoms with van der Waals surface area (Å²) in [5, 5.41) is 20.1. The number of nitrogens with two attached hydrogens (primary N) is 1. The number of aromatic nitrogens is 3. The normalized spacial score (nSPS) is 20.2. The number of hydrogen-bond donors (Lipinski definition) is 3. The first-order chi connectivity index (χ1) is 15.3. The first kappa shape index (κ1) is 22.7. The number of nitrogens with zero attached hydrogens (tertiary/aromatic N) is 3. The van der Waals surface area contributed by atoms with Crippen LogP contribution in [0.1, 0.15) is 37.4 Å². The second-order valence-corrected chi connectivity index (χ2v) is 9.66. The molecule has 2 aromatic heterocycles. The number of nitrogens with one attached hydrogen (secondary N) is 1. The van der Waals surface area contributed by atoms with Crippen LogP contribution in [-0.2, 0) is 27.5 Å². The third-order valence-corrected chi connectivity index (χ3v) is 6.71. The van der Waals surface area contributed by atoms with E-state index in [-0.39, 0.29) is 25.1 Å². The van der Waals surface area contributed by atoms with Crippen LogP contribution in [0.5, 0.6) is 0 Å². The molecular weight excluding hydrogens is 430 g/mol. The van der Waals surface area contributed by atoms with Crippen molar-refractivity contribution in [1.29, 1.82) is 0 Å². The minimum atomic E-state index is -4.05. The first-order valence-corrected chi connectivity index (χ1v) is 12.2. The van der Waals surface area contributed by atoms with Crippen LogP contribution in [-0.4, -0.2) is 40.8 Å². The van der Waals surface area contributed by atoms with Gasteiger partial charge in [0.05, 0.1) is 30.7 Å². The lowest BCUT2D eigenvalue weighted by Crippen LogP contribution is -2.31. The van der Waals surface area contributed by atoms with Gasteiger partial charge in [0.2, 0.25) is 0 Å². The number of hydrogen-bond acceptors (Lipinski definition) is 7. The lowest BCUT2D eigenvalue weighted by molar-refractivity contribution is 0.0616. The Labute approximate surface area is 187 Å². The number of aliphatic hydroxyl groups is 1. The molecule has 10 heteroatoms. The van der Waals surface area contributed by atoms with Gasteiger partial charge < -0.3 is 15.0 Å². The summed E-state index contributed by atoms with van der Waals surface area (Å²) in [5.41, 5.74) is 3.35. The van der Waals surface area contributed by atoms with Crippen LogP contribution in [0.4, 0.5) is 5.82 Å². The minimum absolute atomic E-state index is 0.165. The summed E-state index contributed by atoms with van der Waals surface area (Å²) in [7, 11) is -4.05. The van der Waals surface area contributed by atoms with Crippen LogP contribution in [0.3, 0.4) is 0 Å². The molecule has 0 bridgehead atoms. The van der Waals surface area contributed by atoms with Crippen LogP contribution in [0, 0.1) is 11.8 Å². The molecule has 0 amide bonds. The SMILES string of the molecule is CC[C@@H](COS(N)(=O)=O)[C@@H](O)Cn1ccc2c(N[C@@H]3c4ccccc4C[C@@H]3C)ncnc21. The third kappa shape index (κ3) is 4.78. The summed E-state index contributed by atoms with van der Waals surface area (Å²) < 4.78 is 28.7. The molecule has 32 heavy (non-hydrogen) atoms. The number of fused-ring (bicyclic) bond motifs is 2. The molecule has 4 atom stereocenters. The number of benzene rings is 1. The molecule has 1 aliphatic carbocycles. The molecule has 0 unspecified atom stereocenters. The number of aliphatic hydroxyl groups excluding tert-OH is 1. The Morgan fingerprint density at radius 1 is 1.31 bits per heavy atom. The summed E-state index contributed by atoms with van der Waals surface area (Å²) in [6.07, 6.45) is 4.10.